The van der Waals surface area contributed by atoms with Crippen LogP contribution in [0.5, 0.6) is 0 Å². The van der Waals surface area contributed by atoms with Crippen molar-refractivity contribution in [3.8, 4) is 6.07 Å². The molecule has 0 aromatic heterocycles. The third kappa shape index (κ3) is 2.07. The van der Waals surface area contributed by atoms with Crippen molar-refractivity contribution >= 4 is 0 Å². The summed E-state index contributed by atoms with van der Waals surface area (Å²) in [5, 5.41) is 17.7. The fraction of sp³-hybridized carbons (Fsp3) is 0.364. The molecule has 13 heavy (non-hydrogen) atoms. The molecule has 0 heterocycles. The molecular formula is C11H13NO. The van der Waals surface area contributed by atoms with E-state index in [9.17, 15) is 0 Å². The summed E-state index contributed by atoms with van der Waals surface area (Å²) < 4.78 is 0. The van der Waals surface area contributed by atoms with Gasteiger partial charge in [0.1, 0.15) is 0 Å². The van der Waals surface area contributed by atoms with E-state index in [0.717, 1.165) is 5.56 Å². The molecule has 0 radical (unpaired) electrons. The van der Waals surface area contributed by atoms with E-state index in [4.69, 9.17) is 10.4 Å². The molecule has 1 rings (SSSR count). The van der Waals surface area contributed by atoms with Crippen molar-refractivity contribution in [2.24, 2.45) is 0 Å². The fourth-order valence-corrected chi connectivity index (χ4v) is 1.09. The minimum Gasteiger partial charge on any atom is -0.395 e. The first-order valence-corrected chi connectivity index (χ1v) is 4.21. The summed E-state index contributed by atoms with van der Waals surface area (Å²) in [6.07, 6.45) is 0. The SMILES string of the molecule is CC(C)(CO)c1ccc(C#N)cc1. The van der Waals surface area contributed by atoms with E-state index in [-0.39, 0.29) is 12.0 Å². The van der Waals surface area contributed by atoms with Gasteiger partial charge in [-0.05, 0) is 17.7 Å². The summed E-state index contributed by atoms with van der Waals surface area (Å²) in [5.74, 6) is 0. The minimum atomic E-state index is -0.228. The van der Waals surface area contributed by atoms with Gasteiger partial charge in [-0.1, -0.05) is 26.0 Å². The lowest BCUT2D eigenvalue weighted by Gasteiger charge is -2.21. The summed E-state index contributed by atoms with van der Waals surface area (Å²) in [5.41, 5.74) is 1.47. The van der Waals surface area contributed by atoms with Crippen LogP contribution < -0.4 is 0 Å². The molecule has 0 bridgehead atoms. The van der Waals surface area contributed by atoms with E-state index in [1.165, 1.54) is 0 Å². The van der Waals surface area contributed by atoms with E-state index in [1.54, 1.807) is 12.1 Å². The molecule has 2 heteroatoms. The Morgan fingerprint density at radius 2 is 1.85 bits per heavy atom. The van der Waals surface area contributed by atoms with Gasteiger partial charge in [0.25, 0.3) is 0 Å². The van der Waals surface area contributed by atoms with Crippen molar-refractivity contribution in [1.82, 2.24) is 0 Å². The van der Waals surface area contributed by atoms with Gasteiger partial charge in [-0.3, -0.25) is 0 Å². The van der Waals surface area contributed by atoms with Crippen molar-refractivity contribution in [2.45, 2.75) is 19.3 Å². The number of nitrogens with zero attached hydrogens (tertiary/aromatic N) is 1. The first-order chi connectivity index (χ1) is 6.10. The first-order valence-electron chi connectivity index (χ1n) is 4.21. The summed E-state index contributed by atoms with van der Waals surface area (Å²) in [6.45, 7) is 4.04. The fourth-order valence-electron chi connectivity index (χ4n) is 1.09. The molecule has 1 aromatic carbocycles. The second-order valence-corrected chi connectivity index (χ2v) is 3.73. The Morgan fingerprint density at radius 3 is 2.23 bits per heavy atom. The summed E-state index contributed by atoms with van der Waals surface area (Å²) >= 11 is 0. The molecule has 0 amide bonds. The summed E-state index contributed by atoms with van der Waals surface area (Å²) in [7, 11) is 0. The maximum Gasteiger partial charge on any atom is 0.0991 e. The maximum absolute atomic E-state index is 9.11. The normalized spacial score (nSPS) is 10.9. The molecule has 0 spiro atoms. The van der Waals surface area contributed by atoms with E-state index in [1.807, 2.05) is 26.0 Å². The van der Waals surface area contributed by atoms with Gasteiger partial charge in [0, 0.05) is 5.41 Å². The van der Waals surface area contributed by atoms with Gasteiger partial charge >= 0.3 is 0 Å². The Balaban J connectivity index is 3.00. The molecule has 68 valence electrons. The number of benzene rings is 1. The Morgan fingerprint density at radius 1 is 1.31 bits per heavy atom. The lowest BCUT2D eigenvalue weighted by molar-refractivity contribution is 0.218. The van der Waals surface area contributed by atoms with Crippen LogP contribution in [0.15, 0.2) is 24.3 Å². The van der Waals surface area contributed by atoms with Gasteiger partial charge in [0.15, 0.2) is 0 Å². The largest absolute Gasteiger partial charge is 0.395 e. The van der Waals surface area contributed by atoms with Crippen LogP contribution in [0.2, 0.25) is 0 Å². The van der Waals surface area contributed by atoms with Crippen molar-refractivity contribution in [1.29, 1.82) is 5.26 Å². The van der Waals surface area contributed by atoms with Crippen molar-refractivity contribution in [3.63, 3.8) is 0 Å². The first kappa shape index (κ1) is 9.76. The quantitative estimate of drug-likeness (QED) is 0.745. The molecule has 0 unspecified atom stereocenters. The van der Waals surface area contributed by atoms with Crippen LogP contribution >= 0.6 is 0 Å². The standard InChI is InChI=1S/C11H13NO/c1-11(2,8-13)10-5-3-9(7-12)4-6-10/h3-6,13H,8H2,1-2H3. The highest BCUT2D eigenvalue weighted by Crippen LogP contribution is 2.22. The van der Waals surface area contributed by atoms with Gasteiger partial charge in [-0.2, -0.15) is 5.26 Å². The zero-order chi connectivity index (χ0) is 9.90. The number of rotatable bonds is 2. The maximum atomic E-state index is 9.11. The number of aliphatic hydroxyl groups excluding tert-OH is 1. The molecule has 1 N–H and O–H groups in total. The minimum absolute atomic E-state index is 0.110. The average molecular weight is 175 g/mol. The van der Waals surface area contributed by atoms with Gasteiger partial charge in [0.2, 0.25) is 0 Å². The molecule has 0 saturated heterocycles. The van der Waals surface area contributed by atoms with Crippen LogP contribution in [0, 0.1) is 11.3 Å². The predicted octanol–water partition coefficient (Wildman–Crippen LogP) is 1.83. The Kier molecular flexibility index (Phi) is 2.69. The van der Waals surface area contributed by atoms with Gasteiger partial charge in [-0.15, -0.1) is 0 Å². The molecular weight excluding hydrogens is 162 g/mol. The topological polar surface area (TPSA) is 44.0 Å². The highest BCUT2D eigenvalue weighted by molar-refractivity contribution is 5.34. The number of hydrogen-bond acceptors (Lipinski definition) is 2. The van der Waals surface area contributed by atoms with Crippen LogP contribution in [-0.4, -0.2) is 11.7 Å². The monoisotopic (exact) mass is 175 g/mol. The Bertz CT molecular complexity index is 319. The smallest absolute Gasteiger partial charge is 0.0991 e. The second-order valence-electron chi connectivity index (χ2n) is 3.73. The average Bonchev–Trinajstić information content (AvgIpc) is 2.18. The van der Waals surface area contributed by atoms with Crippen molar-refractivity contribution < 1.29 is 5.11 Å². The molecule has 0 fully saturated rings. The second kappa shape index (κ2) is 3.59. The Hall–Kier alpha value is -1.33. The number of hydrogen-bond donors (Lipinski definition) is 1. The van der Waals surface area contributed by atoms with E-state index < -0.39 is 0 Å². The molecule has 0 saturated carbocycles. The molecule has 2 nitrogen and oxygen atoms in total. The van der Waals surface area contributed by atoms with E-state index in [0.29, 0.717) is 5.56 Å². The number of nitriles is 1. The zero-order valence-corrected chi connectivity index (χ0v) is 7.91. The van der Waals surface area contributed by atoms with E-state index in [2.05, 4.69) is 6.07 Å². The highest BCUT2D eigenvalue weighted by atomic mass is 16.3. The van der Waals surface area contributed by atoms with Gasteiger partial charge in [-0.25, -0.2) is 0 Å². The predicted molar refractivity (Wildman–Crippen MR) is 51.3 cm³/mol. The van der Waals surface area contributed by atoms with Crippen LogP contribution in [0.1, 0.15) is 25.0 Å². The van der Waals surface area contributed by atoms with Crippen molar-refractivity contribution in [3.05, 3.63) is 35.4 Å². The lowest BCUT2D eigenvalue weighted by Crippen LogP contribution is -2.21. The van der Waals surface area contributed by atoms with Gasteiger partial charge in [0.05, 0.1) is 18.2 Å². The molecule has 1 aromatic rings. The number of aliphatic hydroxyl groups is 1. The lowest BCUT2D eigenvalue weighted by atomic mass is 9.85. The van der Waals surface area contributed by atoms with Crippen LogP contribution in [0.4, 0.5) is 0 Å². The summed E-state index contributed by atoms with van der Waals surface area (Å²) in [6, 6.07) is 9.37. The molecule has 0 atom stereocenters. The van der Waals surface area contributed by atoms with E-state index >= 15 is 0 Å². The van der Waals surface area contributed by atoms with Crippen molar-refractivity contribution in [2.75, 3.05) is 6.61 Å². The summed E-state index contributed by atoms with van der Waals surface area (Å²) in [4.78, 5) is 0. The molecule has 0 aliphatic carbocycles. The third-order valence-corrected chi connectivity index (χ3v) is 2.19. The van der Waals surface area contributed by atoms with Gasteiger partial charge < -0.3 is 5.11 Å². The highest BCUT2D eigenvalue weighted by Gasteiger charge is 2.18. The van der Waals surface area contributed by atoms with Crippen LogP contribution in [0.3, 0.4) is 0 Å². The zero-order valence-electron chi connectivity index (χ0n) is 7.91. The molecule has 0 aliphatic rings. The van der Waals surface area contributed by atoms with Crippen LogP contribution in [0.25, 0.3) is 0 Å². The third-order valence-electron chi connectivity index (χ3n) is 2.19. The molecule has 0 aliphatic heterocycles. The van der Waals surface area contributed by atoms with Crippen LogP contribution in [-0.2, 0) is 5.41 Å². The Labute approximate surface area is 78.4 Å².